The van der Waals surface area contributed by atoms with E-state index in [-0.39, 0.29) is 5.91 Å². The largest absolute Gasteiger partial charge is 0.345 e. The molecule has 2 aromatic rings. The van der Waals surface area contributed by atoms with Gasteiger partial charge in [-0.15, -0.1) is 10.2 Å². The Labute approximate surface area is 117 Å². The van der Waals surface area contributed by atoms with Gasteiger partial charge in [0.1, 0.15) is 6.33 Å². The van der Waals surface area contributed by atoms with Gasteiger partial charge in [0.05, 0.1) is 13.1 Å². The van der Waals surface area contributed by atoms with Crippen molar-refractivity contribution in [2.75, 3.05) is 6.54 Å². The molecule has 1 aromatic heterocycles. The highest BCUT2D eigenvalue weighted by Gasteiger charge is 2.07. The third kappa shape index (κ3) is 3.43. The predicted molar refractivity (Wildman–Crippen MR) is 74.5 cm³/mol. The van der Waals surface area contributed by atoms with Crippen molar-refractivity contribution in [3.05, 3.63) is 47.5 Å². The average Bonchev–Trinajstić information content (AvgIpc) is 2.88. The van der Waals surface area contributed by atoms with Crippen molar-refractivity contribution < 1.29 is 4.79 Å². The maximum Gasteiger partial charge on any atom is 0.251 e. The van der Waals surface area contributed by atoms with Crippen LogP contribution in [0.2, 0.25) is 0 Å². The van der Waals surface area contributed by atoms with Crippen molar-refractivity contribution in [2.24, 2.45) is 12.8 Å². The molecule has 0 unspecified atom stereocenters. The van der Waals surface area contributed by atoms with Gasteiger partial charge in [-0.2, -0.15) is 0 Å². The van der Waals surface area contributed by atoms with Crippen LogP contribution in [0.3, 0.4) is 0 Å². The lowest BCUT2D eigenvalue weighted by molar-refractivity contribution is 0.0949. The van der Waals surface area contributed by atoms with Gasteiger partial charge in [0.15, 0.2) is 5.82 Å². The highest BCUT2D eigenvalue weighted by Crippen LogP contribution is 2.03. The molecular formula is C14H15N5O. The molecule has 0 aliphatic heterocycles. The van der Waals surface area contributed by atoms with E-state index in [1.165, 1.54) is 0 Å². The van der Waals surface area contributed by atoms with Crippen LogP contribution in [0.25, 0.3) is 0 Å². The van der Waals surface area contributed by atoms with Gasteiger partial charge in [-0.3, -0.25) is 4.79 Å². The number of nitrogens with two attached hydrogens (primary N) is 1. The zero-order valence-corrected chi connectivity index (χ0v) is 11.1. The first-order chi connectivity index (χ1) is 9.70. The number of nitrogens with zero attached hydrogens (tertiary/aromatic N) is 3. The molecule has 0 spiro atoms. The van der Waals surface area contributed by atoms with Gasteiger partial charge in [-0.05, 0) is 24.3 Å². The number of aromatic nitrogens is 3. The summed E-state index contributed by atoms with van der Waals surface area (Å²) >= 11 is 0. The molecule has 1 heterocycles. The first-order valence-corrected chi connectivity index (χ1v) is 6.11. The number of hydrogen-bond donors (Lipinski definition) is 2. The Morgan fingerprint density at radius 1 is 1.40 bits per heavy atom. The SMILES string of the molecule is Cn1cnnc1CNC(=O)c1ccc(C#CCN)cc1. The molecule has 0 saturated carbocycles. The number of carbonyl (C=O) groups excluding carboxylic acids is 1. The topological polar surface area (TPSA) is 85.8 Å². The van der Waals surface area contributed by atoms with Gasteiger partial charge in [0.25, 0.3) is 5.91 Å². The van der Waals surface area contributed by atoms with E-state index < -0.39 is 0 Å². The first-order valence-electron chi connectivity index (χ1n) is 6.11. The lowest BCUT2D eigenvalue weighted by atomic mass is 10.1. The van der Waals surface area contributed by atoms with E-state index in [0.717, 1.165) is 5.56 Å². The molecule has 0 bridgehead atoms. The third-order valence-electron chi connectivity index (χ3n) is 2.69. The van der Waals surface area contributed by atoms with E-state index >= 15 is 0 Å². The summed E-state index contributed by atoms with van der Waals surface area (Å²) in [4.78, 5) is 12.0. The van der Waals surface area contributed by atoms with Crippen LogP contribution < -0.4 is 11.1 Å². The van der Waals surface area contributed by atoms with E-state index in [1.807, 2.05) is 7.05 Å². The summed E-state index contributed by atoms with van der Waals surface area (Å²) in [6.07, 6.45) is 1.59. The van der Waals surface area contributed by atoms with E-state index in [4.69, 9.17) is 5.73 Å². The van der Waals surface area contributed by atoms with Crippen LogP contribution in [0.5, 0.6) is 0 Å². The fourth-order valence-electron chi connectivity index (χ4n) is 1.59. The number of benzene rings is 1. The molecular weight excluding hydrogens is 254 g/mol. The van der Waals surface area contributed by atoms with Gasteiger partial charge in [0, 0.05) is 18.2 Å². The van der Waals surface area contributed by atoms with Gasteiger partial charge in [-0.1, -0.05) is 11.8 Å². The van der Waals surface area contributed by atoms with Crippen molar-refractivity contribution in [3.8, 4) is 11.8 Å². The van der Waals surface area contributed by atoms with Crippen LogP contribution >= 0.6 is 0 Å². The van der Waals surface area contributed by atoms with E-state index in [1.54, 1.807) is 35.2 Å². The molecule has 3 N–H and O–H groups in total. The van der Waals surface area contributed by atoms with Gasteiger partial charge >= 0.3 is 0 Å². The molecule has 1 aromatic carbocycles. The number of amides is 1. The molecule has 102 valence electrons. The van der Waals surface area contributed by atoms with Crippen LogP contribution in [0, 0.1) is 11.8 Å². The van der Waals surface area contributed by atoms with Gasteiger partial charge < -0.3 is 15.6 Å². The van der Waals surface area contributed by atoms with Gasteiger partial charge in [0.2, 0.25) is 0 Å². The summed E-state index contributed by atoms with van der Waals surface area (Å²) in [5, 5.41) is 10.4. The van der Waals surface area contributed by atoms with Crippen LogP contribution in [0.1, 0.15) is 21.7 Å². The molecule has 2 rings (SSSR count). The number of rotatable bonds is 3. The van der Waals surface area contributed by atoms with Crippen molar-refractivity contribution in [1.29, 1.82) is 0 Å². The van der Waals surface area contributed by atoms with Crippen LogP contribution in [-0.4, -0.2) is 27.2 Å². The zero-order valence-electron chi connectivity index (χ0n) is 11.1. The Balaban J connectivity index is 1.97. The third-order valence-corrected chi connectivity index (χ3v) is 2.69. The standard InChI is InChI=1S/C14H15N5O/c1-19-10-17-18-13(19)9-16-14(20)12-6-4-11(5-7-12)3-2-8-15/h4-7,10H,8-9,15H2,1H3,(H,16,20). The fraction of sp³-hybridized carbons (Fsp3) is 0.214. The molecule has 0 aliphatic rings. The Morgan fingerprint density at radius 3 is 2.75 bits per heavy atom. The molecule has 0 fully saturated rings. The second-order valence-corrected chi connectivity index (χ2v) is 4.12. The summed E-state index contributed by atoms with van der Waals surface area (Å²) in [6.45, 7) is 0.657. The van der Waals surface area contributed by atoms with E-state index in [9.17, 15) is 4.79 Å². The Morgan fingerprint density at radius 2 is 2.15 bits per heavy atom. The first kappa shape index (κ1) is 13.8. The maximum absolute atomic E-state index is 12.0. The minimum atomic E-state index is -0.161. The van der Waals surface area contributed by atoms with Crippen LogP contribution in [-0.2, 0) is 13.6 Å². The fourth-order valence-corrected chi connectivity index (χ4v) is 1.59. The summed E-state index contributed by atoms with van der Waals surface area (Å²) in [5.41, 5.74) is 6.71. The molecule has 1 amide bonds. The molecule has 6 heteroatoms. The Bertz CT molecular complexity index is 648. The number of hydrogen-bond acceptors (Lipinski definition) is 4. The van der Waals surface area contributed by atoms with Crippen LogP contribution in [0.15, 0.2) is 30.6 Å². The molecule has 20 heavy (non-hydrogen) atoms. The molecule has 0 radical (unpaired) electrons. The number of carbonyl (C=O) groups is 1. The monoisotopic (exact) mass is 269 g/mol. The normalized spacial score (nSPS) is 9.70. The minimum absolute atomic E-state index is 0.161. The van der Waals surface area contributed by atoms with Crippen molar-refractivity contribution >= 4 is 5.91 Å². The smallest absolute Gasteiger partial charge is 0.251 e. The lowest BCUT2D eigenvalue weighted by Crippen LogP contribution is -2.24. The highest BCUT2D eigenvalue weighted by atomic mass is 16.1. The maximum atomic E-state index is 12.0. The number of nitrogens with one attached hydrogen (secondary N) is 1. The Hall–Kier alpha value is -2.65. The average molecular weight is 269 g/mol. The predicted octanol–water partition coefficient (Wildman–Crippen LogP) is 0.0553. The summed E-state index contributed by atoms with van der Waals surface area (Å²) < 4.78 is 1.76. The van der Waals surface area contributed by atoms with Gasteiger partial charge in [-0.25, -0.2) is 0 Å². The van der Waals surface area contributed by atoms with E-state index in [2.05, 4.69) is 27.4 Å². The van der Waals surface area contributed by atoms with Crippen molar-refractivity contribution in [3.63, 3.8) is 0 Å². The molecule has 0 atom stereocenters. The van der Waals surface area contributed by atoms with Crippen molar-refractivity contribution in [2.45, 2.75) is 6.54 Å². The number of aryl methyl sites for hydroxylation is 1. The summed E-state index contributed by atoms with van der Waals surface area (Å²) in [6, 6.07) is 7.04. The molecule has 0 saturated heterocycles. The highest BCUT2D eigenvalue weighted by molar-refractivity contribution is 5.94. The summed E-state index contributed by atoms with van der Waals surface area (Å²) in [5.74, 6) is 6.20. The summed E-state index contributed by atoms with van der Waals surface area (Å²) in [7, 11) is 1.83. The lowest BCUT2D eigenvalue weighted by Gasteiger charge is -2.04. The zero-order chi connectivity index (χ0) is 14.4. The minimum Gasteiger partial charge on any atom is -0.345 e. The molecule has 6 nitrogen and oxygen atoms in total. The van der Waals surface area contributed by atoms with E-state index in [0.29, 0.717) is 24.5 Å². The Kier molecular flexibility index (Phi) is 4.47. The van der Waals surface area contributed by atoms with Crippen molar-refractivity contribution in [1.82, 2.24) is 20.1 Å². The second-order valence-electron chi connectivity index (χ2n) is 4.12. The van der Waals surface area contributed by atoms with Crippen LogP contribution in [0.4, 0.5) is 0 Å². The second kappa shape index (κ2) is 6.50. The quantitative estimate of drug-likeness (QED) is 0.771. The molecule has 0 aliphatic carbocycles.